The van der Waals surface area contributed by atoms with Crippen molar-refractivity contribution in [3.63, 3.8) is 0 Å². The summed E-state index contributed by atoms with van der Waals surface area (Å²) < 4.78 is 33.3. The Bertz CT molecular complexity index is 646. The zero-order valence-corrected chi connectivity index (χ0v) is 12.7. The van der Waals surface area contributed by atoms with Gasteiger partial charge in [0.2, 0.25) is 10.0 Å². The Hall–Kier alpha value is -1.11. The summed E-state index contributed by atoms with van der Waals surface area (Å²) >= 11 is 0. The molecule has 1 spiro atoms. The van der Waals surface area contributed by atoms with E-state index in [9.17, 15) is 8.42 Å². The fourth-order valence-electron chi connectivity index (χ4n) is 3.77. The second-order valence-electron chi connectivity index (χ2n) is 6.42. The molecular weight excluding hydrogens is 288 g/mol. The van der Waals surface area contributed by atoms with Gasteiger partial charge in [0, 0.05) is 18.8 Å². The van der Waals surface area contributed by atoms with Crippen molar-refractivity contribution >= 4 is 15.7 Å². The first kappa shape index (κ1) is 13.5. The van der Waals surface area contributed by atoms with Gasteiger partial charge < -0.3 is 10.5 Å². The van der Waals surface area contributed by atoms with Crippen molar-refractivity contribution in [2.24, 2.45) is 5.92 Å². The molecule has 2 N–H and O–H groups in total. The van der Waals surface area contributed by atoms with Gasteiger partial charge in [-0.15, -0.1) is 0 Å². The van der Waals surface area contributed by atoms with E-state index in [2.05, 4.69) is 0 Å². The van der Waals surface area contributed by atoms with E-state index in [0.29, 0.717) is 23.0 Å². The summed E-state index contributed by atoms with van der Waals surface area (Å²) in [7, 11) is -3.44. The van der Waals surface area contributed by atoms with Gasteiger partial charge in [-0.25, -0.2) is 8.42 Å². The molecule has 0 amide bonds. The van der Waals surface area contributed by atoms with Crippen LogP contribution in [0.1, 0.15) is 25.7 Å². The largest absolute Gasteiger partial charge is 0.399 e. The molecule has 1 aromatic rings. The fraction of sp³-hybridized carbons (Fsp3) is 0.600. The highest BCUT2D eigenvalue weighted by Crippen LogP contribution is 2.53. The van der Waals surface area contributed by atoms with Crippen molar-refractivity contribution in [2.75, 3.05) is 18.9 Å². The van der Waals surface area contributed by atoms with Crippen LogP contribution in [-0.2, 0) is 14.8 Å². The molecule has 4 rings (SSSR count). The van der Waals surface area contributed by atoms with E-state index < -0.39 is 10.0 Å². The first-order chi connectivity index (χ1) is 10.0. The third kappa shape index (κ3) is 2.00. The molecule has 114 valence electrons. The number of anilines is 1. The van der Waals surface area contributed by atoms with Crippen molar-refractivity contribution < 1.29 is 13.2 Å². The Morgan fingerprint density at radius 2 is 1.95 bits per heavy atom. The van der Waals surface area contributed by atoms with Gasteiger partial charge in [0.25, 0.3) is 0 Å². The first-order valence-electron chi connectivity index (χ1n) is 7.54. The van der Waals surface area contributed by atoms with Crippen molar-refractivity contribution in [3.8, 4) is 0 Å². The molecule has 1 aliphatic carbocycles. The van der Waals surface area contributed by atoms with Crippen LogP contribution in [0.2, 0.25) is 0 Å². The van der Waals surface area contributed by atoms with Gasteiger partial charge in [-0.05, 0) is 55.9 Å². The van der Waals surface area contributed by atoms with E-state index in [4.69, 9.17) is 10.5 Å². The number of hydrogen-bond acceptors (Lipinski definition) is 4. The summed E-state index contributed by atoms with van der Waals surface area (Å²) in [6, 6.07) is 6.49. The molecule has 3 aliphatic rings. The Kier molecular flexibility index (Phi) is 2.87. The van der Waals surface area contributed by atoms with Crippen LogP contribution in [0.25, 0.3) is 0 Å². The number of sulfonamides is 1. The standard InChI is InChI=1S/C15H20N2O3S/c16-12-4-6-13(7-5-12)21(18,19)17-10-15(8-1-9-20-15)14(17)11-2-3-11/h4-7,11,14H,1-3,8-10,16H2. The van der Waals surface area contributed by atoms with E-state index in [1.54, 1.807) is 28.6 Å². The molecule has 0 aromatic heterocycles. The molecule has 1 saturated carbocycles. The predicted octanol–water partition coefficient (Wildman–Crippen LogP) is 1.60. The molecule has 6 heteroatoms. The van der Waals surface area contributed by atoms with E-state index in [1.165, 1.54) is 0 Å². The summed E-state index contributed by atoms with van der Waals surface area (Å²) in [6.45, 7) is 1.26. The molecule has 2 unspecified atom stereocenters. The summed E-state index contributed by atoms with van der Waals surface area (Å²) in [4.78, 5) is 0.329. The minimum atomic E-state index is -3.44. The fourth-order valence-corrected chi connectivity index (χ4v) is 5.57. The minimum Gasteiger partial charge on any atom is -0.399 e. The molecule has 3 fully saturated rings. The van der Waals surface area contributed by atoms with Crippen LogP contribution in [0.3, 0.4) is 0 Å². The van der Waals surface area contributed by atoms with Gasteiger partial charge in [-0.2, -0.15) is 4.31 Å². The normalized spacial score (nSPS) is 33.2. The van der Waals surface area contributed by atoms with Gasteiger partial charge >= 0.3 is 0 Å². The number of nitrogens with zero attached hydrogens (tertiary/aromatic N) is 1. The smallest absolute Gasteiger partial charge is 0.243 e. The predicted molar refractivity (Wildman–Crippen MR) is 79.2 cm³/mol. The summed E-state index contributed by atoms with van der Waals surface area (Å²) in [6.07, 6.45) is 4.26. The maximum absolute atomic E-state index is 12.8. The average Bonchev–Trinajstić information content (AvgIpc) is 3.11. The van der Waals surface area contributed by atoms with E-state index in [1.807, 2.05) is 0 Å². The van der Waals surface area contributed by atoms with Crippen molar-refractivity contribution in [3.05, 3.63) is 24.3 Å². The molecule has 5 nitrogen and oxygen atoms in total. The molecule has 0 radical (unpaired) electrons. The number of hydrogen-bond donors (Lipinski definition) is 1. The van der Waals surface area contributed by atoms with Crippen LogP contribution in [-0.4, -0.2) is 37.5 Å². The Balaban J connectivity index is 1.65. The van der Waals surface area contributed by atoms with Crippen LogP contribution >= 0.6 is 0 Å². The third-order valence-corrected chi connectivity index (χ3v) is 6.80. The Morgan fingerprint density at radius 3 is 2.52 bits per heavy atom. The molecule has 2 heterocycles. The number of nitrogen functional groups attached to an aromatic ring is 1. The molecular formula is C15H20N2O3S. The quantitative estimate of drug-likeness (QED) is 0.861. The molecule has 2 saturated heterocycles. The molecule has 2 aliphatic heterocycles. The number of rotatable bonds is 3. The van der Waals surface area contributed by atoms with Gasteiger partial charge in [-0.1, -0.05) is 0 Å². The number of nitrogens with two attached hydrogens (primary N) is 1. The maximum atomic E-state index is 12.8. The summed E-state index contributed by atoms with van der Waals surface area (Å²) in [5.74, 6) is 0.473. The van der Waals surface area contributed by atoms with Gasteiger partial charge in [0.1, 0.15) is 0 Å². The van der Waals surface area contributed by atoms with Gasteiger partial charge in [0.05, 0.1) is 16.5 Å². The third-order valence-electron chi connectivity index (χ3n) is 4.96. The van der Waals surface area contributed by atoms with Crippen molar-refractivity contribution in [1.29, 1.82) is 0 Å². The molecule has 2 atom stereocenters. The highest BCUT2D eigenvalue weighted by molar-refractivity contribution is 7.89. The number of ether oxygens (including phenoxy) is 1. The Labute approximate surface area is 125 Å². The highest BCUT2D eigenvalue weighted by atomic mass is 32.2. The first-order valence-corrected chi connectivity index (χ1v) is 8.98. The second-order valence-corrected chi connectivity index (χ2v) is 8.31. The highest BCUT2D eigenvalue weighted by Gasteiger charge is 2.63. The van der Waals surface area contributed by atoms with Crippen LogP contribution in [0.5, 0.6) is 0 Å². The minimum absolute atomic E-state index is 0.0301. The SMILES string of the molecule is Nc1ccc(S(=O)(=O)N2CC3(CCCO3)C2C2CC2)cc1. The van der Waals surface area contributed by atoms with Crippen molar-refractivity contribution in [2.45, 2.75) is 42.2 Å². The van der Waals surface area contributed by atoms with Crippen LogP contribution in [0.4, 0.5) is 5.69 Å². The van der Waals surface area contributed by atoms with Crippen LogP contribution in [0, 0.1) is 5.92 Å². The van der Waals surface area contributed by atoms with Gasteiger partial charge in [0.15, 0.2) is 0 Å². The van der Waals surface area contributed by atoms with E-state index in [-0.39, 0.29) is 11.6 Å². The average molecular weight is 308 g/mol. The van der Waals surface area contributed by atoms with E-state index in [0.717, 1.165) is 32.3 Å². The van der Waals surface area contributed by atoms with E-state index >= 15 is 0 Å². The van der Waals surface area contributed by atoms with Crippen LogP contribution in [0.15, 0.2) is 29.2 Å². The maximum Gasteiger partial charge on any atom is 0.243 e. The van der Waals surface area contributed by atoms with Gasteiger partial charge in [-0.3, -0.25) is 0 Å². The lowest BCUT2D eigenvalue weighted by atomic mass is 9.80. The summed E-state index contributed by atoms with van der Waals surface area (Å²) in [5.41, 5.74) is 6.01. The lowest BCUT2D eigenvalue weighted by Crippen LogP contribution is -2.71. The number of benzene rings is 1. The lowest BCUT2D eigenvalue weighted by molar-refractivity contribution is -0.132. The second kappa shape index (κ2) is 4.44. The van der Waals surface area contributed by atoms with Crippen molar-refractivity contribution in [1.82, 2.24) is 4.31 Å². The Morgan fingerprint density at radius 1 is 1.24 bits per heavy atom. The lowest BCUT2D eigenvalue weighted by Gasteiger charge is -2.54. The zero-order chi connectivity index (χ0) is 14.7. The zero-order valence-electron chi connectivity index (χ0n) is 11.9. The summed E-state index contributed by atoms with van der Waals surface area (Å²) in [5, 5.41) is 0. The topological polar surface area (TPSA) is 72.6 Å². The monoisotopic (exact) mass is 308 g/mol. The molecule has 1 aromatic carbocycles. The van der Waals surface area contributed by atoms with Crippen LogP contribution < -0.4 is 5.73 Å². The molecule has 21 heavy (non-hydrogen) atoms. The molecule has 0 bridgehead atoms.